The molecule has 0 bridgehead atoms. The van der Waals surface area contributed by atoms with Crippen LogP contribution < -0.4 is 5.73 Å². The Morgan fingerprint density at radius 1 is 1.40 bits per heavy atom. The summed E-state index contributed by atoms with van der Waals surface area (Å²) in [5.74, 6) is 0. The summed E-state index contributed by atoms with van der Waals surface area (Å²) in [4.78, 5) is 0.946. The topological polar surface area (TPSA) is 43.1 Å². The highest BCUT2D eigenvalue weighted by atomic mass is 32.2. The summed E-state index contributed by atoms with van der Waals surface area (Å²) in [6.07, 6.45) is 0.805. The van der Waals surface area contributed by atoms with E-state index in [2.05, 4.69) is 6.07 Å². The second kappa shape index (κ2) is 5.42. The van der Waals surface area contributed by atoms with Gasteiger partial charge in [0.1, 0.15) is 0 Å². The van der Waals surface area contributed by atoms with E-state index in [1.54, 1.807) is 0 Å². The smallest absolute Gasteiger partial charge is 0.0561 e. The van der Waals surface area contributed by atoms with Crippen LogP contribution in [0.15, 0.2) is 23.1 Å². The second-order valence-electron chi connectivity index (χ2n) is 3.95. The third-order valence-corrected chi connectivity index (χ3v) is 4.34. The molecule has 0 amide bonds. The standard InChI is InChI=1S/C12H19NOS/c1-9-4-5-12(10(2)8-9)15(14)11(3)6-7-13/h4-5,8,11H,6-7,13H2,1-3H3. The van der Waals surface area contributed by atoms with Gasteiger partial charge in [0.05, 0.1) is 10.8 Å². The zero-order valence-electron chi connectivity index (χ0n) is 9.62. The first kappa shape index (κ1) is 12.4. The fourth-order valence-corrected chi connectivity index (χ4v) is 2.95. The maximum atomic E-state index is 12.1. The monoisotopic (exact) mass is 225 g/mol. The fourth-order valence-electron chi connectivity index (χ4n) is 1.58. The van der Waals surface area contributed by atoms with E-state index in [0.717, 1.165) is 16.9 Å². The molecule has 2 unspecified atom stereocenters. The molecule has 1 rings (SSSR count). The zero-order chi connectivity index (χ0) is 11.4. The van der Waals surface area contributed by atoms with Crippen molar-refractivity contribution >= 4 is 10.8 Å². The van der Waals surface area contributed by atoms with Crippen LogP contribution in [0.2, 0.25) is 0 Å². The molecule has 1 aromatic rings. The number of benzene rings is 1. The van der Waals surface area contributed by atoms with Crippen LogP contribution in [-0.2, 0) is 10.8 Å². The molecule has 0 heterocycles. The summed E-state index contributed by atoms with van der Waals surface area (Å²) in [7, 11) is -0.928. The van der Waals surface area contributed by atoms with Crippen molar-refractivity contribution in [3.05, 3.63) is 29.3 Å². The van der Waals surface area contributed by atoms with Gasteiger partial charge in [0.25, 0.3) is 0 Å². The van der Waals surface area contributed by atoms with Crippen molar-refractivity contribution in [2.45, 2.75) is 37.3 Å². The van der Waals surface area contributed by atoms with Gasteiger partial charge in [-0.2, -0.15) is 0 Å². The molecule has 0 fully saturated rings. The Kier molecular flexibility index (Phi) is 4.48. The van der Waals surface area contributed by atoms with Crippen molar-refractivity contribution in [1.29, 1.82) is 0 Å². The van der Waals surface area contributed by atoms with Crippen molar-refractivity contribution in [2.24, 2.45) is 5.73 Å². The molecular formula is C12H19NOS. The first-order valence-corrected chi connectivity index (χ1v) is 6.45. The summed E-state index contributed by atoms with van der Waals surface area (Å²) in [6.45, 7) is 6.64. The molecule has 0 aliphatic heterocycles. The van der Waals surface area contributed by atoms with Crippen molar-refractivity contribution in [3.8, 4) is 0 Å². The fraction of sp³-hybridized carbons (Fsp3) is 0.500. The van der Waals surface area contributed by atoms with Gasteiger partial charge in [-0.25, -0.2) is 0 Å². The molecule has 0 saturated heterocycles. The van der Waals surface area contributed by atoms with E-state index in [4.69, 9.17) is 5.73 Å². The quantitative estimate of drug-likeness (QED) is 0.853. The predicted octanol–water partition coefficient (Wildman–Crippen LogP) is 2.15. The van der Waals surface area contributed by atoms with Gasteiger partial charge in [0.15, 0.2) is 0 Å². The van der Waals surface area contributed by atoms with E-state index in [-0.39, 0.29) is 5.25 Å². The van der Waals surface area contributed by atoms with Gasteiger partial charge in [-0.3, -0.25) is 4.21 Å². The van der Waals surface area contributed by atoms with Crippen molar-refractivity contribution in [3.63, 3.8) is 0 Å². The Balaban J connectivity index is 2.91. The lowest BCUT2D eigenvalue weighted by Gasteiger charge is -2.12. The normalized spacial score (nSPS) is 14.9. The van der Waals surface area contributed by atoms with Gasteiger partial charge in [-0.1, -0.05) is 24.6 Å². The summed E-state index contributed by atoms with van der Waals surface area (Å²) in [5, 5.41) is 0.136. The first-order chi connectivity index (χ1) is 7.06. The molecule has 84 valence electrons. The minimum atomic E-state index is -0.928. The van der Waals surface area contributed by atoms with Crippen LogP contribution in [0.1, 0.15) is 24.5 Å². The molecular weight excluding hydrogens is 206 g/mol. The average Bonchev–Trinajstić information content (AvgIpc) is 2.17. The molecule has 0 aromatic heterocycles. The summed E-state index contributed by atoms with van der Waals surface area (Å²) in [5.41, 5.74) is 7.79. The summed E-state index contributed by atoms with van der Waals surface area (Å²) in [6, 6.07) is 6.05. The van der Waals surface area contributed by atoms with Crippen molar-refractivity contribution in [1.82, 2.24) is 0 Å². The Labute approximate surface area is 94.3 Å². The number of hydrogen-bond acceptors (Lipinski definition) is 2. The van der Waals surface area contributed by atoms with E-state index in [1.165, 1.54) is 5.56 Å². The van der Waals surface area contributed by atoms with Gasteiger partial charge in [0.2, 0.25) is 0 Å². The largest absolute Gasteiger partial charge is 0.330 e. The van der Waals surface area contributed by atoms with Gasteiger partial charge in [-0.05, 0) is 38.4 Å². The van der Waals surface area contributed by atoms with Gasteiger partial charge < -0.3 is 5.73 Å². The lowest BCUT2D eigenvalue weighted by molar-refractivity contribution is 0.665. The van der Waals surface area contributed by atoms with Crippen molar-refractivity contribution in [2.75, 3.05) is 6.54 Å². The number of nitrogens with two attached hydrogens (primary N) is 1. The van der Waals surface area contributed by atoms with Crippen LogP contribution >= 0.6 is 0 Å². The SMILES string of the molecule is Cc1ccc(S(=O)C(C)CCN)c(C)c1. The molecule has 15 heavy (non-hydrogen) atoms. The molecule has 2 nitrogen and oxygen atoms in total. The highest BCUT2D eigenvalue weighted by Gasteiger charge is 2.14. The molecule has 0 radical (unpaired) electrons. The van der Waals surface area contributed by atoms with Crippen LogP contribution in [-0.4, -0.2) is 16.0 Å². The maximum absolute atomic E-state index is 12.1. The van der Waals surface area contributed by atoms with E-state index >= 15 is 0 Å². The minimum absolute atomic E-state index is 0.136. The number of aryl methyl sites for hydroxylation is 2. The van der Waals surface area contributed by atoms with E-state index in [9.17, 15) is 4.21 Å². The molecule has 0 aliphatic carbocycles. The third kappa shape index (κ3) is 3.14. The van der Waals surface area contributed by atoms with E-state index < -0.39 is 10.8 Å². The van der Waals surface area contributed by atoms with Crippen LogP contribution in [0, 0.1) is 13.8 Å². The van der Waals surface area contributed by atoms with E-state index in [1.807, 2.05) is 32.9 Å². The molecule has 2 atom stereocenters. The second-order valence-corrected chi connectivity index (χ2v) is 5.79. The van der Waals surface area contributed by atoms with Crippen LogP contribution in [0.25, 0.3) is 0 Å². The minimum Gasteiger partial charge on any atom is -0.330 e. The van der Waals surface area contributed by atoms with Crippen LogP contribution in [0.3, 0.4) is 0 Å². The Morgan fingerprint density at radius 3 is 2.60 bits per heavy atom. The predicted molar refractivity (Wildman–Crippen MR) is 65.5 cm³/mol. The highest BCUT2D eigenvalue weighted by Crippen LogP contribution is 2.18. The third-order valence-electron chi connectivity index (χ3n) is 2.49. The molecule has 1 aromatic carbocycles. The number of rotatable bonds is 4. The Bertz CT molecular complexity index is 363. The lowest BCUT2D eigenvalue weighted by atomic mass is 10.2. The molecule has 0 saturated carbocycles. The van der Waals surface area contributed by atoms with Gasteiger partial charge in [-0.15, -0.1) is 0 Å². The van der Waals surface area contributed by atoms with Gasteiger partial charge in [0, 0.05) is 10.1 Å². The van der Waals surface area contributed by atoms with Crippen molar-refractivity contribution < 1.29 is 4.21 Å². The zero-order valence-corrected chi connectivity index (χ0v) is 10.4. The van der Waals surface area contributed by atoms with Crippen LogP contribution in [0.4, 0.5) is 0 Å². The van der Waals surface area contributed by atoms with Gasteiger partial charge >= 0.3 is 0 Å². The highest BCUT2D eigenvalue weighted by molar-refractivity contribution is 7.85. The average molecular weight is 225 g/mol. The summed E-state index contributed by atoms with van der Waals surface area (Å²) >= 11 is 0. The molecule has 2 N–H and O–H groups in total. The Morgan fingerprint density at radius 2 is 2.07 bits per heavy atom. The lowest BCUT2D eigenvalue weighted by Crippen LogP contribution is -2.16. The Hall–Kier alpha value is -0.670. The number of hydrogen-bond donors (Lipinski definition) is 1. The first-order valence-electron chi connectivity index (χ1n) is 5.24. The molecule has 0 aliphatic rings. The maximum Gasteiger partial charge on any atom is 0.0561 e. The molecule has 3 heteroatoms. The van der Waals surface area contributed by atoms with Crippen LogP contribution in [0.5, 0.6) is 0 Å². The summed E-state index contributed by atoms with van der Waals surface area (Å²) < 4.78 is 12.1. The van der Waals surface area contributed by atoms with E-state index in [0.29, 0.717) is 6.54 Å². The molecule has 0 spiro atoms.